The molecular formula is C24H28N4O2. The zero-order valence-corrected chi connectivity index (χ0v) is 17.7. The lowest BCUT2D eigenvalue weighted by atomic mass is 9.99. The maximum Gasteiger partial charge on any atom is 0.162 e. The van der Waals surface area contributed by atoms with E-state index in [-0.39, 0.29) is 5.78 Å². The first-order valence-corrected chi connectivity index (χ1v) is 10.5. The van der Waals surface area contributed by atoms with Gasteiger partial charge in [0, 0.05) is 25.1 Å². The van der Waals surface area contributed by atoms with Crippen molar-refractivity contribution in [2.75, 3.05) is 51.8 Å². The Morgan fingerprint density at radius 3 is 2.67 bits per heavy atom. The molecule has 0 radical (unpaired) electrons. The van der Waals surface area contributed by atoms with Crippen LogP contribution < -0.4 is 4.90 Å². The minimum absolute atomic E-state index is 0.189. The molecule has 6 heteroatoms. The van der Waals surface area contributed by atoms with Crippen LogP contribution in [0.25, 0.3) is 22.2 Å². The van der Waals surface area contributed by atoms with Gasteiger partial charge in [-0.2, -0.15) is 0 Å². The molecule has 0 unspecified atom stereocenters. The number of carbonyl (C=O) groups excluding carboxylic acids is 1. The third-order valence-electron chi connectivity index (χ3n) is 5.39. The second kappa shape index (κ2) is 9.32. The Bertz CT molecular complexity index is 1030. The smallest absolute Gasteiger partial charge is 0.162 e. The molecule has 1 aromatic heterocycles. The summed E-state index contributed by atoms with van der Waals surface area (Å²) in [6.07, 6.45) is 3.26. The number of rotatable bonds is 7. The maximum atomic E-state index is 12.6. The highest BCUT2D eigenvalue weighted by Gasteiger charge is 2.14. The van der Waals surface area contributed by atoms with Crippen molar-refractivity contribution in [1.29, 1.82) is 0 Å². The van der Waals surface area contributed by atoms with Gasteiger partial charge in [0.05, 0.1) is 30.4 Å². The Balaban J connectivity index is 1.57. The van der Waals surface area contributed by atoms with E-state index < -0.39 is 0 Å². The Morgan fingerprint density at radius 1 is 1.07 bits per heavy atom. The van der Waals surface area contributed by atoms with Gasteiger partial charge < -0.3 is 14.5 Å². The fourth-order valence-electron chi connectivity index (χ4n) is 3.70. The standard InChI is InChI=1S/C24H28N4O2/c1-27(2)10-4-7-23(29)20-6-3-5-18(15-20)19-8-9-21-22(16-19)26-24(17-25-21)28-11-13-30-14-12-28/h3,5-6,8-9,15-17H,4,7,10-14H2,1-2H3. The summed E-state index contributed by atoms with van der Waals surface area (Å²) in [5.41, 5.74) is 4.55. The van der Waals surface area contributed by atoms with E-state index in [9.17, 15) is 4.79 Å². The number of morpholine rings is 1. The van der Waals surface area contributed by atoms with E-state index in [0.29, 0.717) is 6.42 Å². The Hall–Kier alpha value is -2.83. The van der Waals surface area contributed by atoms with Crippen molar-refractivity contribution in [2.45, 2.75) is 12.8 Å². The van der Waals surface area contributed by atoms with E-state index >= 15 is 0 Å². The molecule has 1 saturated heterocycles. The fraction of sp³-hybridized carbons (Fsp3) is 0.375. The van der Waals surface area contributed by atoms with Crippen LogP contribution in [-0.2, 0) is 4.74 Å². The summed E-state index contributed by atoms with van der Waals surface area (Å²) in [7, 11) is 4.05. The van der Waals surface area contributed by atoms with E-state index in [2.05, 4.69) is 20.9 Å². The summed E-state index contributed by atoms with van der Waals surface area (Å²) < 4.78 is 5.43. The second-order valence-corrected chi connectivity index (χ2v) is 7.94. The number of carbonyl (C=O) groups is 1. The maximum absolute atomic E-state index is 12.6. The zero-order valence-electron chi connectivity index (χ0n) is 17.7. The summed E-state index contributed by atoms with van der Waals surface area (Å²) in [5.74, 6) is 1.07. The molecule has 3 aromatic rings. The molecule has 1 aliphatic heterocycles. The summed E-state index contributed by atoms with van der Waals surface area (Å²) in [5, 5.41) is 0. The fourth-order valence-corrected chi connectivity index (χ4v) is 3.70. The van der Waals surface area contributed by atoms with Crippen molar-refractivity contribution in [1.82, 2.24) is 14.9 Å². The Morgan fingerprint density at radius 2 is 1.87 bits per heavy atom. The molecule has 1 aliphatic rings. The summed E-state index contributed by atoms with van der Waals surface area (Å²) in [6.45, 7) is 4.01. The van der Waals surface area contributed by atoms with Crippen LogP contribution in [0.1, 0.15) is 23.2 Å². The van der Waals surface area contributed by atoms with Crippen LogP contribution in [-0.4, -0.2) is 67.6 Å². The average Bonchev–Trinajstić information content (AvgIpc) is 2.78. The van der Waals surface area contributed by atoms with Gasteiger partial charge in [-0.25, -0.2) is 4.98 Å². The van der Waals surface area contributed by atoms with Gasteiger partial charge in [0.15, 0.2) is 5.78 Å². The molecule has 6 nitrogen and oxygen atoms in total. The summed E-state index contributed by atoms with van der Waals surface area (Å²) in [4.78, 5) is 26.3. The van der Waals surface area contributed by atoms with Crippen LogP contribution in [0.5, 0.6) is 0 Å². The summed E-state index contributed by atoms with van der Waals surface area (Å²) >= 11 is 0. The van der Waals surface area contributed by atoms with Crippen LogP contribution in [0.2, 0.25) is 0 Å². The Kier molecular flexibility index (Phi) is 6.35. The van der Waals surface area contributed by atoms with Crippen LogP contribution in [0, 0.1) is 0 Å². The molecule has 0 atom stereocenters. The lowest BCUT2D eigenvalue weighted by Gasteiger charge is -2.27. The van der Waals surface area contributed by atoms with Crippen LogP contribution in [0.3, 0.4) is 0 Å². The molecule has 4 rings (SSSR count). The van der Waals surface area contributed by atoms with E-state index in [1.807, 2.05) is 56.7 Å². The number of aromatic nitrogens is 2. The minimum atomic E-state index is 0.189. The van der Waals surface area contributed by atoms with Gasteiger partial charge in [-0.3, -0.25) is 9.78 Å². The number of fused-ring (bicyclic) bond motifs is 1. The third-order valence-corrected chi connectivity index (χ3v) is 5.39. The molecule has 156 valence electrons. The summed E-state index contributed by atoms with van der Waals surface area (Å²) in [6, 6.07) is 14.0. The van der Waals surface area contributed by atoms with Crippen LogP contribution in [0.15, 0.2) is 48.7 Å². The number of hydrogen-bond donors (Lipinski definition) is 0. The molecule has 0 spiro atoms. The van der Waals surface area contributed by atoms with Gasteiger partial charge in [-0.1, -0.05) is 24.3 Å². The number of ether oxygens (including phenoxy) is 1. The largest absolute Gasteiger partial charge is 0.378 e. The number of anilines is 1. The average molecular weight is 405 g/mol. The quantitative estimate of drug-likeness (QED) is 0.560. The molecule has 1 fully saturated rings. The van der Waals surface area contributed by atoms with E-state index in [1.54, 1.807) is 0 Å². The minimum Gasteiger partial charge on any atom is -0.378 e. The molecule has 2 aromatic carbocycles. The monoisotopic (exact) mass is 404 g/mol. The van der Waals surface area contributed by atoms with Gasteiger partial charge in [-0.15, -0.1) is 0 Å². The number of ketones is 1. The molecular weight excluding hydrogens is 376 g/mol. The highest BCUT2D eigenvalue weighted by atomic mass is 16.5. The predicted octanol–water partition coefficient (Wildman–Crippen LogP) is 3.66. The number of Topliss-reactive ketones (excluding diaryl/α,β-unsaturated/α-hetero) is 1. The highest BCUT2D eigenvalue weighted by molar-refractivity contribution is 5.97. The molecule has 2 heterocycles. The zero-order chi connectivity index (χ0) is 20.9. The molecule has 0 amide bonds. The predicted molar refractivity (Wildman–Crippen MR) is 120 cm³/mol. The lowest BCUT2D eigenvalue weighted by molar-refractivity contribution is 0.0977. The molecule has 0 saturated carbocycles. The van der Waals surface area contributed by atoms with Crippen LogP contribution >= 0.6 is 0 Å². The highest BCUT2D eigenvalue weighted by Crippen LogP contribution is 2.25. The first-order chi connectivity index (χ1) is 14.6. The van der Waals surface area contributed by atoms with Gasteiger partial charge >= 0.3 is 0 Å². The second-order valence-electron chi connectivity index (χ2n) is 7.94. The van der Waals surface area contributed by atoms with Crippen molar-refractivity contribution in [2.24, 2.45) is 0 Å². The first-order valence-electron chi connectivity index (χ1n) is 10.5. The normalized spacial score (nSPS) is 14.4. The SMILES string of the molecule is CN(C)CCCC(=O)c1cccc(-c2ccc3ncc(N4CCOCC4)nc3c2)c1. The van der Waals surface area contributed by atoms with Crippen molar-refractivity contribution >= 4 is 22.6 Å². The van der Waals surface area contributed by atoms with E-state index in [0.717, 1.165) is 72.8 Å². The van der Waals surface area contributed by atoms with Crippen molar-refractivity contribution in [3.63, 3.8) is 0 Å². The van der Waals surface area contributed by atoms with Gasteiger partial charge in [0.25, 0.3) is 0 Å². The van der Waals surface area contributed by atoms with E-state index in [4.69, 9.17) is 9.72 Å². The first kappa shape index (κ1) is 20.4. The molecule has 0 bridgehead atoms. The van der Waals surface area contributed by atoms with Crippen molar-refractivity contribution in [3.8, 4) is 11.1 Å². The Labute approximate surface area is 177 Å². The topological polar surface area (TPSA) is 58.6 Å². The number of benzene rings is 2. The molecule has 0 aliphatic carbocycles. The third kappa shape index (κ3) is 4.83. The van der Waals surface area contributed by atoms with Crippen molar-refractivity contribution in [3.05, 3.63) is 54.2 Å². The number of hydrogen-bond acceptors (Lipinski definition) is 6. The van der Waals surface area contributed by atoms with Gasteiger partial charge in [0.2, 0.25) is 0 Å². The molecule has 0 N–H and O–H groups in total. The van der Waals surface area contributed by atoms with Crippen LogP contribution in [0.4, 0.5) is 5.82 Å². The van der Waals surface area contributed by atoms with Gasteiger partial charge in [0.1, 0.15) is 5.82 Å². The lowest BCUT2D eigenvalue weighted by Crippen LogP contribution is -2.36. The van der Waals surface area contributed by atoms with Crippen molar-refractivity contribution < 1.29 is 9.53 Å². The van der Waals surface area contributed by atoms with E-state index in [1.165, 1.54) is 0 Å². The van der Waals surface area contributed by atoms with Gasteiger partial charge in [-0.05, 0) is 56.4 Å². The molecule has 30 heavy (non-hydrogen) atoms. The number of nitrogens with zero attached hydrogens (tertiary/aromatic N) is 4.